The monoisotopic (exact) mass is 143 g/mol. The fourth-order valence-electron chi connectivity index (χ4n) is 0.375. The van der Waals surface area contributed by atoms with E-state index in [2.05, 4.69) is 9.91 Å². The average molecular weight is 143 g/mol. The molecule has 0 aromatic carbocycles. The Morgan fingerprint density at radius 2 is 2.40 bits per heavy atom. The van der Waals surface area contributed by atoms with Crippen molar-refractivity contribution in [1.82, 2.24) is 0 Å². The van der Waals surface area contributed by atoms with Gasteiger partial charge < -0.3 is 4.74 Å². The summed E-state index contributed by atoms with van der Waals surface area (Å²) in [5, 5.41) is 2.60. The summed E-state index contributed by atoms with van der Waals surface area (Å²) in [6, 6.07) is 0. The van der Waals surface area contributed by atoms with Gasteiger partial charge in [-0.25, -0.2) is 4.79 Å². The molecule has 0 aliphatic rings. The molecular weight excluding hydrogens is 134 g/mol. The first kappa shape index (κ1) is 8.81. The zero-order valence-electron chi connectivity index (χ0n) is 5.74. The van der Waals surface area contributed by atoms with Crippen molar-refractivity contribution in [3.05, 3.63) is 17.1 Å². The molecule has 0 saturated heterocycles. The largest absolute Gasteiger partial charge is 0.466 e. The van der Waals surface area contributed by atoms with Gasteiger partial charge in [0.15, 0.2) is 0 Å². The Kier molecular flexibility index (Phi) is 5.23. The molecule has 0 fully saturated rings. The van der Waals surface area contributed by atoms with Gasteiger partial charge in [0.25, 0.3) is 0 Å². The maximum Gasteiger partial charge on any atom is 0.330 e. The molecule has 0 rings (SSSR count). The van der Waals surface area contributed by atoms with Gasteiger partial charge >= 0.3 is 5.97 Å². The van der Waals surface area contributed by atoms with E-state index in [1.54, 1.807) is 6.08 Å². The third kappa shape index (κ3) is 4.96. The second-order valence-electron chi connectivity index (χ2n) is 1.57. The van der Waals surface area contributed by atoms with Gasteiger partial charge in [0.1, 0.15) is 0 Å². The summed E-state index contributed by atoms with van der Waals surface area (Å²) in [6.07, 6.45) is 3.30. The van der Waals surface area contributed by atoms with Gasteiger partial charge in [0.2, 0.25) is 0 Å². The van der Waals surface area contributed by atoms with Gasteiger partial charge in [-0.2, -0.15) is 4.91 Å². The van der Waals surface area contributed by atoms with E-state index in [0.717, 1.165) is 0 Å². The summed E-state index contributed by atoms with van der Waals surface area (Å²) in [4.78, 5) is 19.9. The number of nitroso groups, excluding NO2 is 1. The Morgan fingerprint density at radius 3 is 2.90 bits per heavy atom. The van der Waals surface area contributed by atoms with Crippen molar-refractivity contribution >= 4 is 5.97 Å². The van der Waals surface area contributed by atoms with E-state index < -0.39 is 5.97 Å². The highest BCUT2D eigenvalue weighted by Gasteiger charge is 1.88. The number of hydrogen-bond acceptors (Lipinski definition) is 4. The molecule has 0 saturated carbocycles. The van der Waals surface area contributed by atoms with Crippen molar-refractivity contribution in [2.45, 2.75) is 6.42 Å². The predicted molar refractivity (Wildman–Crippen MR) is 36.4 cm³/mol. The summed E-state index contributed by atoms with van der Waals surface area (Å²) < 4.78 is 4.30. The Hall–Kier alpha value is -1.19. The molecule has 4 heteroatoms. The minimum Gasteiger partial charge on any atom is -0.466 e. The van der Waals surface area contributed by atoms with E-state index in [9.17, 15) is 9.70 Å². The molecule has 4 nitrogen and oxygen atoms in total. The third-order valence-electron chi connectivity index (χ3n) is 0.842. The molecule has 0 bridgehead atoms. The molecule has 0 spiro atoms. The molecule has 56 valence electrons. The number of carbonyl (C=O) groups is 1. The van der Waals surface area contributed by atoms with Crippen LogP contribution < -0.4 is 0 Å². The zero-order chi connectivity index (χ0) is 7.82. The van der Waals surface area contributed by atoms with Gasteiger partial charge in [-0.05, 0) is 6.42 Å². The number of hydrogen-bond donors (Lipinski definition) is 0. The van der Waals surface area contributed by atoms with Crippen LogP contribution in [0.3, 0.4) is 0 Å². The minimum absolute atomic E-state index is 0.202. The second-order valence-corrected chi connectivity index (χ2v) is 1.57. The van der Waals surface area contributed by atoms with Gasteiger partial charge in [0.05, 0.1) is 13.7 Å². The highest BCUT2D eigenvalue weighted by Crippen LogP contribution is 1.84. The fraction of sp³-hybridized carbons (Fsp3) is 0.500. The Balaban J connectivity index is 3.35. The molecule has 10 heavy (non-hydrogen) atoms. The number of rotatable bonds is 4. The lowest BCUT2D eigenvalue weighted by molar-refractivity contribution is -0.134. The highest BCUT2D eigenvalue weighted by atomic mass is 16.5. The first-order valence-electron chi connectivity index (χ1n) is 2.85. The molecule has 0 unspecified atom stereocenters. The molecule has 0 atom stereocenters. The molecule has 0 heterocycles. The van der Waals surface area contributed by atoms with Crippen LogP contribution in [0.5, 0.6) is 0 Å². The van der Waals surface area contributed by atoms with Crippen molar-refractivity contribution in [3.63, 3.8) is 0 Å². The van der Waals surface area contributed by atoms with Gasteiger partial charge in [-0.1, -0.05) is 11.3 Å². The lowest BCUT2D eigenvalue weighted by Gasteiger charge is -1.87. The van der Waals surface area contributed by atoms with Crippen LogP contribution in [0.25, 0.3) is 0 Å². The van der Waals surface area contributed by atoms with Gasteiger partial charge in [0, 0.05) is 6.08 Å². The average Bonchev–Trinajstić information content (AvgIpc) is 1.98. The Morgan fingerprint density at radius 1 is 1.70 bits per heavy atom. The lowest BCUT2D eigenvalue weighted by atomic mass is 10.4. The fourth-order valence-corrected chi connectivity index (χ4v) is 0.375. The molecule has 0 radical (unpaired) electrons. The summed E-state index contributed by atoms with van der Waals surface area (Å²) in [5.41, 5.74) is 0. The predicted octanol–water partition coefficient (Wildman–Crippen LogP) is 0.872. The van der Waals surface area contributed by atoms with Crippen LogP contribution in [0.1, 0.15) is 6.42 Å². The minimum atomic E-state index is -0.411. The smallest absolute Gasteiger partial charge is 0.330 e. The second kappa shape index (κ2) is 5.94. The summed E-state index contributed by atoms with van der Waals surface area (Å²) in [6.45, 7) is 0.202. The topological polar surface area (TPSA) is 55.7 Å². The summed E-state index contributed by atoms with van der Waals surface area (Å²) in [5.74, 6) is -0.411. The molecule has 0 aromatic heterocycles. The quantitative estimate of drug-likeness (QED) is 0.254. The number of esters is 1. The third-order valence-corrected chi connectivity index (χ3v) is 0.842. The van der Waals surface area contributed by atoms with Crippen molar-refractivity contribution in [2.75, 3.05) is 13.7 Å². The van der Waals surface area contributed by atoms with Gasteiger partial charge in [-0.3, -0.25) is 0 Å². The van der Waals surface area contributed by atoms with Crippen LogP contribution in [-0.2, 0) is 9.53 Å². The highest BCUT2D eigenvalue weighted by molar-refractivity contribution is 5.81. The number of methoxy groups -OCH3 is 1. The maximum absolute atomic E-state index is 10.4. The molecule has 0 aliphatic carbocycles. The van der Waals surface area contributed by atoms with E-state index in [4.69, 9.17) is 0 Å². The van der Waals surface area contributed by atoms with Crippen LogP contribution >= 0.6 is 0 Å². The molecule has 0 aliphatic heterocycles. The van der Waals surface area contributed by atoms with E-state index >= 15 is 0 Å². The number of ether oxygens (including phenoxy) is 1. The van der Waals surface area contributed by atoms with Crippen LogP contribution in [0.4, 0.5) is 0 Å². The maximum atomic E-state index is 10.4. The summed E-state index contributed by atoms with van der Waals surface area (Å²) in [7, 11) is 1.30. The zero-order valence-corrected chi connectivity index (χ0v) is 5.74. The van der Waals surface area contributed by atoms with E-state index in [0.29, 0.717) is 6.42 Å². The Bertz CT molecular complexity index is 142. The Labute approximate surface area is 58.8 Å². The van der Waals surface area contributed by atoms with Crippen molar-refractivity contribution in [2.24, 2.45) is 5.18 Å². The van der Waals surface area contributed by atoms with Crippen LogP contribution in [-0.4, -0.2) is 19.6 Å². The summed E-state index contributed by atoms with van der Waals surface area (Å²) >= 11 is 0. The first-order valence-corrected chi connectivity index (χ1v) is 2.85. The van der Waals surface area contributed by atoms with Crippen LogP contribution in [0.2, 0.25) is 0 Å². The number of carbonyl (C=O) groups excluding carboxylic acids is 1. The molecule has 0 N–H and O–H groups in total. The van der Waals surface area contributed by atoms with E-state index in [-0.39, 0.29) is 6.54 Å². The number of nitrogens with zero attached hydrogens (tertiary/aromatic N) is 1. The van der Waals surface area contributed by atoms with E-state index in [1.165, 1.54) is 13.2 Å². The van der Waals surface area contributed by atoms with Crippen LogP contribution in [0, 0.1) is 4.91 Å². The SMILES string of the molecule is COC(=O)/C=C/CCN=O. The van der Waals surface area contributed by atoms with Crippen molar-refractivity contribution in [3.8, 4) is 0 Å². The molecular formula is C6H9NO3. The first-order chi connectivity index (χ1) is 4.81. The standard InChI is InChI=1S/C6H9NO3/c1-10-6(8)4-2-3-5-7-9/h2,4H,3,5H2,1H3/b4-2+. The van der Waals surface area contributed by atoms with Crippen molar-refractivity contribution < 1.29 is 9.53 Å². The van der Waals surface area contributed by atoms with Gasteiger partial charge in [-0.15, -0.1) is 0 Å². The lowest BCUT2D eigenvalue weighted by Crippen LogP contribution is -1.93. The normalized spacial score (nSPS) is 9.70. The molecule has 0 amide bonds. The van der Waals surface area contributed by atoms with E-state index in [1.807, 2.05) is 0 Å². The molecule has 0 aromatic rings. The van der Waals surface area contributed by atoms with Crippen molar-refractivity contribution in [1.29, 1.82) is 0 Å². The van der Waals surface area contributed by atoms with Crippen LogP contribution in [0.15, 0.2) is 17.3 Å².